The minimum absolute atomic E-state index is 1.11. The van der Waals surface area contributed by atoms with E-state index in [9.17, 15) is 0 Å². The van der Waals surface area contributed by atoms with E-state index < -0.39 is 0 Å². The number of hydrogen-bond donors (Lipinski definition) is 0. The van der Waals surface area contributed by atoms with Crippen LogP contribution in [0.1, 0.15) is 44.5 Å². The number of anilines is 6. The molecule has 0 spiro atoms. The zero-order valence-corrected chi connectivity index (χ0v) is 38.2. The molecule has 0 fully saturated rings. The molecule has 312 valence electrons. The number of nitrogens with zero attached hydrogens (tertiary/aromatic N) is 2. The van der Waals surface area contributed by atoms with Crippen LogP contribution >= 0.6 is 0 Å². The molecule has 64 heavy (non-hydrogen) atoms. The van der Waals surface area contributed by atoms with Gasteiger partial charge in [0.05, 0.1) is 0 Å². The number of aryl methyl sites for hydroxylation is 8. The van der Waals surface area contributed by atoms with Crippen LogP contribution < -0.4 is 9.80 Å². The fraction of sp³-hybridized carbons (Fsp3) is 0.129. The van der Waals surface area contributed by atoms with Crippen molar-refractivity contribution in [3.8, 4) is 22.3 Å². The first-order valence-electron chi connectivity index (χ1n) is 22.5. The molecule has 0 aliphatic rings. The zero-order valence-electron chi connectivity index (χ0n) is 38.2. The minimum Gasteiger partial charge on any atom is -0.310 e. The molecule has 2 heteroatoms. The van der Waals surface area contributed by atoms with Crippen LogP contribution in [0, 0.1) is 55.4 Å². The molecule has 0 aliphatic heterocycles. The van der Waals surface area contributed by atoms with Crippen LogP contribution in [0.15, 0.2) is 182 Å². The molecule has 0 N–H and O–H groups in total. The van der Waals surface area contributed by atoms with Crippen molar-refractivity contribution in [2.75, 3.05) is 9.80 Å². The average Bonchev–Trinajstić information content (AvgIpc) is 3.30. The molecule has 0 bridgehead atoms. The van der Waals surface area contributed by atoms with Gasteiger partial charge in [-0.3, -0.25) is 0 Å². The molecular formula is C62H54N2. The summed E-state index contributed by atoms with van der Waals surface area (Å²) in [5.74, 6) is 0. The predicted octanol–water partition coefficient (Wildman–Crippen LogP) is 17.9. The van der Waals surface area contributed by atoms with Gasteiger partial charge in [0.2, 0.25) is 0 Å². The summed E-state index contributed by atoms with van der Waals surface area (Å²) in [7, 11) is 0. The summed E-state index contributed by atoms with van der Waals surface area (Å²) in [6.07, 6.45) is 0. The maximum atomic E-state index is 2.46. The summed E-state index contributed by atoms with van der Waals surface area (Å²) >= 11 is 0. The Hall–Kier alpha value is -7.42. The molecule has 0 amide bonds. The Kier molecular flexibility index (Phi) is 10.4. The van der Waals surface area contributed by atoms with E-state index in [-0.39, 0.29) is 0 Å². The fourth-order valence-electron chi connectivity index (χ4n) is 9.23. The van der Waals surface area contributed by atoms with E-state index in [0.717, 1.165) is 34.1 Å². The van der Waals surface area contributed by atoms with Gasteiger partial charge in [0.25, 0.3) is 0 Å². The largest absolute Gasteiger partial charge is 0.310 e. The van der Waals surface area contributed by atoms with Crippen molar-refractivity contribution in [2.24, 2.45) is 0 Å². The summed E-state index contributed by atoms with van der Waals surface area (Å²) in [5.41, 5.74) is 21.6. The second-order valence-electron chi connectivity index (χ2n) is 18.0. The predicted molar refractivity (Wildman–Crippen MR) is 277 cm³/mol. The highest BCUT2D eigenvalue weighted by atomic mass is 15.1. The van der Waals surface area contributed by atoms with E-state index in [4.69, 9.17) is 0 Å². The fourth-order valence-corrected chi connectivity index (χ4v) is 9.23. The molecule has 0 radical (unpaired) electrons. The third kappa shape index (κ3) is 7.50. The number of hydrogen-bond acceptors (Lipinski definition) is 2. The van der Waals surface area contributed by atoms with Crippen LogP contribution in [0.25, 0.3) is 54.6 Å². The Labute approximate surface area is 378 Å². The van der Waals surface area contributed by atoms with E-state index in [2.05, 4.69) is 247 Å². The molecule has 2 nitrogen and oxygen atoms in total. The number of rotatable bonds is 8. The molecule has 0 heterocycles. The van der Waals surface area contributed by atoms with Gasteiger partial charge in [-0.15, -0.1) is 0 Å². The Morgan fingerprint density at radius 3 is 0.859 bits per heavy atom. The van der Waals surface area contributed by atoms with Gasteiger partial charge in [0.1, 0.15) is 0 Å². The van der Waals surface area contributed by atoms with Crippen molar-refractivity contribution in [1.29, 1.82) is 0 Å². The molecule has 0 aliphatic carbocycles. The van der Waals surface area contributed by atoms with E-state index in [0.29, 0.717) is 0 Å². The molecule has 10 rings (SSSR count). The molecular weight excluding hydrogens is 773 g/mol. The van der Waals surface area contributed by atoms with Crippen LogP contribution in [0.2, 0.25) is 0 Å². The first-order valence-corrected chi connectivity index (χ1v) is 22.5. The highest BCUT2D eigenvalue weighted by molar-refractivity contribution is 6.11. The molecule has 0 saturated carbocycles. The zero-order chi connectivity index (χ0) is 44.2. The summed E-state index contributed by atoms with van der Waals surface area (Å²) in [6.45, 7) is 17.6. The third-order valence-corrected chi connectivity index (χ3v) is 13.7. The van der Waals surface area contributed by atoms with Gasteiger partial charge in [0.15, 0.2) is 0 Å². The van der Waals surface area contributed by atoms with Gasteiger partial charge < -0.3 is 9.80 Å². The Balaban J connectivity index is 1.35. The van der Waals surface area contributed by atoms with E-state index in [1.165, 1.54) is 99.1 Å². The van der Waals surface area contributed by atoms with Gasteiger partial charge in [-0.2, -0.15) is 0 Å². The second kappa shape index (κ2) is 16.4. The SMILES string of the molecule is Cc1ccc(N(c2ccc(C)c(C)c2)c2cc(-c3ccc4ccccc4c3)c3cc(N(c4ccc(C)c(C)c4)c4ccc(C)c(C)c4)cc(-c4ccc5ccccc5c4)c3c2)cc1C. The van der Waals surface area contributed by atoms with E-state index >= 15 is 0 Å². The van der Waals surface area contributed by atoms with Gasteiger partial charge in [-0.25, -0.2) is 0 Å². The molecule has 0 aromatic heterocycles. The van der Waals surface area contributed by atoms with Crippen LogP contribution in [-0.2, 0) is 0 Å². The summed E-state index contributed by atoms with van der Waals surface area (Å²) in [5, 5.41) is 7.28. The number of benzene rings is 10. The smallest absolute Gasteiger partial charge is 0.0474 e. The molecule has 0 atom stereocenters. The summed E-state index contributed by atoms with van der Waals surface area (Å²) in [4.78, 5) is 4.91. The lowest BCUT2D eigenvalue weighted by atomic mass is 9.89. The van der Waals surface area contributed by atoms with Crippen molar-refractivity contribution in [2.45, 2.75) is 55.4 Å². The van der Waals surface area contributed by atoms with E-state index in [1.54, 1.807) is 0 Å². The van der Waals surface area contributed by atoms with Crippen LogP contribution in [0.4, 0.5) is 34.1 Å². The monoisotopic (exact) mass is 826 g/mol. The quantitative estimate of drug-likeness (QED) is 0.151. The second-order valence-corrected chi connectivity index (χ2v) is 18.0. The van der Waals surface area contributed by atoms with Crippen molar-refractivity contribution < 1.29 is 0 Å². The van der Waals surface area contributed by atoms with Gasteiger partial charge in [-0.1, -0.05) is 97.1 Å². The standard InChI is InChI=1S/C62H54N2/c1-39-17-25-53(29-43(39)5)63(54-26-18-40(2)44(6)30-54)57-35-59(51-23-21-47-13-9-11-15-49(47)33-51)62-38-58(36-60(61(62)37-57)52-24-22-48-14-10-12-16-50(48)34-52)64(55-27-19-41(3)45(7)31-55)56-28-20-42(4)46(8)32-56/h9-38H,1-8H3. The summed E-state index contributed by atoms with van der Waals surface area (Å²) < 4.78 is 0. The van der Waals surface area contributed by atoms with Crippen LogP contribution in [0.3, 0.4) is 0 Å². The highest BCUT2D eigenvalue weighted by Crippen LogP contribution is 2.48. The lowest BCUT2D eigenvalue weighted by Crippen LogP contribution is -2.12. The normalized spacial score (nSPS) is 11.4. The minimum atomic E-state index is 1.11. The first kappa shape index (κ1) is 40.6. The van der Waals surface area contributed by atoms with Gasteiger partial charge >= 0.3 is 0 Å². The third-order valence-electron chi connectivity index (χ3n) is 13.7. The maximum absolute atomic E-state index is 2.46. The van der Waals surface area contributed by atoms with E-state index in [1.807, 2.05) is 0 Å². The highest BCUT2D eigenvalue weighted by Gasteiger charge is 2.23. The van der Waals surface area contributed by atoms with Crippen molar-refractivity contribution in [3.05, 3.63) is 226 Å². The Bertz CT molecular complexity index is 3110. The van der Waals surface area contributed by atoms with Crippen molar-refractivity contribution in [3.63, 3.8) is 0 Å². The maximum Gasteiger partial charge on any atom is 0.0474 e. The molecule has 0 saturated heterocycles. The van der Waals surface area contributed by atoms with Gasteiger partial charge in [0, 0.05) is 34.1 Å². The Morgan fingerprint density at radius 2 is 0.547 bits per heavy atom. The topological polar surface area (TPSA) is 6.48 Å². The van der Waals surface area contributed by atoms with Crippen LogP contribution in [-0.4, -0.2) is 0 Å². The first-order chi connectivity index (χ1) is 31.0. The molecule has 10 aromatic carbocycles. The summed E-state index contributed by atoms with van der Waals surface area (Å²) in [6, 6.07) is 68.5. The lowest BCUT2D eigenvalue weighted by molar-refractivity contribution is 1.23. The molecule has 10 aromatic rings. The average molecular weight is 827 g/mol. The van der Waals surface area contributed by atoms with Crippen molar-refractivity contribution in [1.82, 2.24) is 0 Å². The lowest BCUT2D eigenvalue weighted by Gasteiger charge is -2.30. The van der Waals surface area contributed by atoms with Crippen molar-refractivity contribution >= 4 is 66.4 Å². The van der Waals surface area contributed by atoms with Gasteiger partial charge in [-0.05, 0) is 239 Å². The molecule has 0 unspecified atom stereocenters. The number of fused-ring (bicyclic) bond motifs is 3. The van der Waals surface area contributed by atoms with Crippen LogP contribution in [0.5, 0.6) is 0 Å². The Morgan fingerprint density at radius 1 is 0.234 bits per heavy atom.